The lowest BCUT2D eigenvalue weighted by Crippen LogP contribution is -2.19. The third kappa shape index (κ3) is 9.52. The molecule has 1 unspecified atom stereocenters. The van der Waals surface area contributed by atoms with Gasteiger partial charge in [0, 0.05) is 6.42 Å². The SMILES string of the molecule is O=C1CCCCCCCCCCCCCCCCC1O. The lowest BCUT2D eigenvalue weighted by molar-refractivity contribution is -0.127. The van der Waals surface area contributed by atoms with Crippen LogP contribution in [0.15, 0.2) is 0 Å². The van der Waals surface area contributed by atoms with Gasteiger partial charge in [0.1, 0.15) is 6.10 Å². The molecule has 1 atom stereocenters. The maximum Gasteiger partial charge on any atom is 0.161 e. The smallest absolute Gasteiger partial charge is 0.161 e. The molecule has 0 saturated heterocycles. The van der Waals surface area contributed by atoms with E-state index in [-0.39, 0.29) is 5.78 Å². The van der Waals surface area contributed by atoms with Gasteiger partial charge in [-0.25, -0.2) is 0 Å². The van der Waals surface area contributed by atoms with Crippen LogP contribution in [0, 0.1) is 0 Å². The first-order valence-corrected chi connectivity index (χ1v) is 9.01. The predicted octanol–water partition coefficient (Wildman–Crippen LogP) is 5.17. The van der Waals surface area contributed by atoms with Gasteiger partial charge in [0.25, 0.3) is 0 Å². The van der Waals surface area contributed by atoms with E-state index in [0.29, 0.717) is 12.8 Å². The predicted molar refractivity (Wildman–Crippen MR) is 84.9 cm³/mol. The summed E-state index contributed by atoms with van der Waals surface area (Å²) in [5.74, 6) is 0.0751. The van der Waals surface area contributed by atoms with E-state index < -0.39 is 6.10 Å². The number of hydrogen-bond acceptors (Lipinski definition) is 2. The fourth-order valence-electron chi connectivity index (χ4n) is 3.09. The van der Waals surface area contributed by atoms with Crippen LogP contribution in [0.1, 0.15) is 103 Å². The van der Waals surface area contributed by atoms with Gasteiger partial charge in [-0.05, 0) is 12.8 Å². The molecule has 0 aliphatic heterocycles. The van der Waals surface area contributed by atoms with Crippen molar-refractivity contribution in [2.24, 2.45) is 0 Å². The molecule has 0 radical (unpaired) electrons. The Morgan fingerprint density at radius 2 is 0.950 bits per heavy atom. The molecule has 1 saturated carbocycles. The number of rotatable bonds is 0. The van der Waals surface area contributed by atoms with Crippen molar-refractivity contribution >= 4 is 5.78 Å². The highest BCUT2D eigenvalue weighted by atomic mass is 16.3. The van der Waals surface area contributed by atoms with Crippen molar-refractivity contribution in [3.05, 3.63) is 0 Å². The second-order valence-corrected chi connectivity index (χ2v) is 6.47. The van der Waals surface area contributed by atoms with E-state index in [0.717, 1.165) is 19.3 Å². The standard InChI is InChI=1S/C18H34O2/c19-17-15-13-11-9-7-5-3-1-2-4-6-8-10-12-14-16-18(17)20/h17,19H,1-16H2. The summed E-state index contributed by atoms with van der Waals surface area (Å²) in [7, 11) is 0. The molecular weight excluding hydrogens is 248 g/mol. The number of ketones is 1. The summed E-state index contributed by atoms with van der Waals surface area (Å²) < 4.78 is 0. The van der Waals surface area contributed by atoms with Gasteiger partial charge in [0.05, 0.1) is 0 Å². The number of aliphatic hydroxyl groups is 1. The van der Waals surface area contributed by atoms with Crippen molar-refractivity contribution in [3.8, 4) is 0 Å². The summed E-state index contributed by atoms with van der Waals surface area (Å²) in [6.45, 7) is 0. The summed E-state index contributed by atoms with van der Waals surface area (Å²) >= 11 is 0. The first-order valence-electron chi connectivity index (χ1n) is 9.01. The molecule has 0 spiro atoms. The zero-order chi connectivity index (χ0) is 14.5. The van der Waals surface area contributed by atoms with Gasteiger partial charge in [0.2, 0.25) is 0 Å². The Bertz CT molecular complexity index is 238. The molecule has 0 bridgehead atoms. The van der Waals surface area contributed by atoms with Gasteiger partial charge < -0.3 is 5.11 Å². The average Bonchev–Trinajstić information content (AvgIpc) is 2.45. The van der Waals surface area contributed by atoms with Crippen LogP contribution < -0.4 is 0 Å². The van der Waals surface area contributed by atoms with E-state index in [4.69, 9.17) is 0 Å². The average molecular weight is 282 g/mol. The third-order valence-electron chi connectivity index (χ3n) is 4.52. The topological polar surface area (TPSA) is 37.3 Å². The van der Waals surface area contributed by atoms with Crippen molar-refractivity contribution in [1.82, 2.24) is 0 Å². The molecule has 0 heterocycles. The van der Waals surface area contributed by atoms with E-state index in [2.05, 4.69) is 0 Å². The number of carbonyl (C=O) groups excluding carboxylic acids is 1. The number of aliphatic hydroxyl groups excluding tert-OH is 1. The molecule has 2 heteroatoms. The Morgan fingerprint density at radius 3 is 1.40 bits per heavy atom. The first kappa shape index (κ1) is 17.7. The van der Waals surface area contributed by atoms with E-state index in [9.17, 15) is 9.90 Å². The van der Waals surface area contributed by atoms with Crippen molar-refractivity contribution in [1.29, 1.82) is 0 Å². The third-order valence-corrected chi connectivity index (χ3v) is 4.52. The monoisotopic (exact) mass is 282 g/mol. The van der Waals surface area contributed by atoms with Crippen LogP contribution in [0.4, 0.5) is 0 Å². The van der Waals surface area contributed by atoms with Crippen LogP contribution >= 0.6 is 0 Å². The summed E-state index contributed by atoms with van der Waals surface area (Å²) in [5, 5.41) is 9.82. The second kappa shape index (κ2) is 12.4. The molecule has 1 aliphatic carbocycles. The van der Waals surface area contributed by atoms with E-state index in [1.165, 1.54) is 70.6 Å². The van der Waals surface area contributed by atoms with Crippen molar-refractivity contribution in [2.75, 3.05) is 0 Å². The number of hydrogen-bond donors (Lipinski definition) is 1. The molecule has 0 aromatic carbocycles. The van der Waals surface area contributed by atoms with Crippen LogP contribution in [0.5, 0.6) is 0 Å². The molecule has 20 heavy (non-hydrogen) atoms. The molecule has 118 valence electrons. The Morgan fingerprint density at radius 1 is 0.600 bits per heavy atom. The molecule has 0 amide bonds. The fraction of sp³-hybridized carbons (Fsp3) is 0.944. The van der Waals surface area contributed by atoms with Crippen LogP contribution in [0.3, 0.4) is 0 Å². The lowest BCUT2D eigenvalue weighted by Gasteiger charge is -2.10. The highest BCUT2D eigenvalue weighted by Gasteiger charge is 2.13. The van der Waals surface area contributed by atoms with E-state index in [1.54, 1.807) is 0 Å². The summed E-state index contributed by atoms with van der Waals surface area (Å²) in [6, 6.07) is 0. The van der Waals surface area contributed by atoms with Crippen molar-refractivity contribution < 1.29 is 9.90 Å². The molecule has 0 aromatic heterocycles. The highest BCUT2D eigenvalue weighted by Crippen LogP contribution is 2.15. The minimum Gasteiger partial charge on any atom is -0.385 e. The first-order chi connectivity index (χ1) is 9.80. The highest BCUT2D eigenvalue weighted by molar-refractivity contribution is 5.82. The molecular formula is C18H34O2. The molecule has 0 aromatic rings. The lowest BCUT2D eigenvalue weighted by atomic mass is 9.99. The minimum absolute atomic E-state index is 0.0751. The van der Waals surface area contributed by atoms with Gasteiger partial charge in [-0.2, -0.15) is 0 Å². The van der Waals surface area contributed by atoms with Gasteiger partial charge in [-0.1, -0.05) is 83.5 Å². The zero-order valence-electron chi connectivity index (χ0n) is 13.2. The van der Waals surface area contributed by atoms with Gasteiger partial charge >= 0.3 is 0 Å². The molecule has 1 N–H and O–H groups in total. The molecule has 1 aliphatic rings. The maximum absolute atomic E-state index is 11.8. The summed E-state index contributed by atoms with van der Waals surface area (Å²) in [6.07, 6.45) is 18.3. The second-order valence-electron chi connectivity index (χ2n) is 6.47. The van der Waals surface area contributed by atoms with Gasteiger partial charge in [-0.15, -0.1) is 0 Å². The fourth-order valence-corrected chi connectivity index (χ4v) is 3.09. The van der Waals surface area contributed by atoms with Crippen LogP contribution in [0.25, 0.3) is 0 Å². The van der Waals surface area contributed by atoms with E-state index >= 15 is 0 Å². The molecule has 1 fully saturated rings. The Labute approximate surface area is 125 Å². The Kier molecular flexibility index (Phi) is 10.9. The maximum atomic E-state index is 11.8. The van der Waals surface area contributed by atoms with Crippen molar-refractivity contribution in [3.63, 3.8) is 0 Å². The van der Waals surface area contributed by atoms with E-state index in [1.807, 2.05) is 0 Å². The Balaban J connectivity index is 2.20. The summed E-state index contributed by atoms with van der Waals surface area (Å²) in [5.41, 5.74) is 0. The molecule has 1 rings (SSSR count). The largest absolute Gasteiger partial charge is 0.385 e. The van der Waals surface area contributed by atoms with Gasteiger partial charge in [-0.3, -0.25) is 4.79 Å². The quantitative estimate of drug-likeness (QED) is 0.665. The van der Waals surface area contributed by atoms with Gasteiger partial charge in [0.15, 0.2) is 5.78 Å². The summed E-state index contributed by atoms with van der Waals surface area (Å²) in [4.78, 5) is 11.8. The van der Waals surface area contributed by atoms with Crippen LogP contribution in [0.2, 0.25) is 0 Å². The number of Topliss-reactive ketones (excluding diaryl/α,β-unsaturated/α-hetero) is 1. The van der Waals surface area contributed by atoms with Crippen LogP contribution in [-0.4, -0.2) is 17.0 Å². The minimum atomic E-state index is -0.686. The molecule has 2 nitrogen and oxygen atoms in total. The zero-order valence-corrected chi connectivity index (χ0v) is 13.2. The van der Waals surface area contributed by atoms with Crippen LogP contribution in [-0.2, 0) is 4.79 Å². The normalized spacial score (nSPS) is 26.6. The number of carbonyl (C=O) groups is 1. The Hall–Kier alpha value is -0.370. The van der Waals surface area contributed by atoms with Crippen molar-refractivity contribution in [2.45, 2.75) is 109 Å².